The number of ether oxygens (including phenoxy) is 1. The fourth-order valence-electron chi connectivity index (χ4n) is 3.03. The van der Waals surface area contributed by atoms with Gasteiger partial charge >= 0.3 is 0 Å². The van der Waals surface area contributed by atoms with Crippen molar-refractivity contribution in [1.29, 1.82) is 0 Å². The molecule has 1 aromatic carbocycles. The van der Waals surface area contributed by atoms with E-state index in [4.69, 9.17) is 4.74 Å². The van der Waals surface area contributed by atoms with Crippen molar-refractivity contribution in [2.24, 2.45) is 0 Å². The minimum Gasteiger partial charge on any atom is -0.394 e. The van der Waals surface area contributed by atoms with Gasteiger partial charge in [-0.1, -0.05) is 32.0 Å². The zero-order valence-corrected chi connectivity index (χ0v) is 13.4. The van der Waals surface area contributed by atoms with Gasteiger partial charge in [0.1, 0.15) is 0 Å². The molecule has 1 aromatic rings. The molecule has 0 aromatic heterocycles. The normalized spacial score (nSPS) is 24.1. The number of hydrogen-bond acceptors (Lipinski definition) is 4. The standard InChI is InChI=1S/C17H28N2O2/c1-4-16(18-5-2)15-8-6-7-9-17(15)19-10-14(11-20)21-12-13(19)3/h6-9,13-14,16,18,20H,4-5,10-12H2,1-3H3. The van der Waals surface area contributed by atoms with E-state index in [0.29, 0.717) is 18.7 Å². The minimum absolute atomic E-state index is 0.0792. The van der Waals surface area contributed by atoms with Crippen LogP contribution in [0.4, 0.5) is 5.69 Å². The van der Waals surface area contributed by atoms with Gasteiger partial charge in [-0.05, 0) is 31.5 Å². The number of nitrogens with one attached hydrogen (secondary N) is 1. The molecule has 0 radical (unpaired) electrons. The first-order valence-corrected chi connectivity index (χ1v) is 8.02. The zero-order chi connectivity index (χ0) is 15.2. The Balaban J connectivity index is 2.29. The van der Waals surface area contributed by atoms with Crippen molar-refractivity contribution in [3.63, 3.8) is 0 Å². The van der Waals surface area contributed by atoms with E-state index >= 15 is 0 Å². The van der Waals surface area contributed by atoms with Crippen LogP contribution in [0, 0.1) is 0 Å². The van der Waals surface area contributed by atoms with Crippen molar-refractivity contribution < 1.29 is 9.84 Å². The first-order chi connectivity index (χ1) is 10.2. The first kappa shape index (κ1) is 16.3. The summed E-state index contributed by atoms with van der Waals surface area (Å²) in [7, 11) is 0. The van der Waals surface area contributed by atoms with Gasteiger partial charge in [-0.25, -0.2) is 0 Å². The molecule has 21 heavy (non-hydrogen) atoms. The number of nitrogens with zero attached hydrogens (tertiary/aromatic N) is 1. The molecule has 1 aliphatic heterocycles. The Morgan fingerprint density at radius 1 is 1.38 bits per heavy atom. The largest absolute Gasteiger partial charge is 0.394 e. The Morgan fingerprint density at radius 2 is 2.14 bits per heavy atom. The molecule has 0 bridgehead atoms. The summed E-state index contributed by atoms with van der Waals surface area (Å²) >= 11 is 0. The van der Waals surface area contributed by atoms with Gasteiger partial charge in [0.15, 0.2) is 0 Å². The summed E-state index contributed by atoms with van der Waals surface area (Å²) in [6, 6.07) is 9.29. The van der Waals surface area contributed by atoms with E-state index in [9.17, 15) is 5.11 Å². The van der Waals surface area contributed by atoms with Gasteiger partial charge in [-0.15, -0.1) is 0 Å². The van der Waals surface area contributed by atoms with Gasteiger partial charge in [-0.3, -0.25) is 0 Å². The summed E-state index contributed by atoms with van der Waals surface area (Å²) in [4.78, 5) is 2.37. The number of hydrogen-bond donors (Lipinski definition) is 2. The van der Waals surface area contributed by atoms with E-state index in [1.807, 2.05) is 0 Å². The lowest BCUT2D eigenvalue weighted by Crippen LogP contribution is -2.50. The van der Waals surface area contributed by atoms with Crippen LogP contribution in [0.3, 0.4) is 0 Å². The molecule has 0 aliphatic carbocycles. The molecular weight excluding hydrogens is 264 g/mol. The molecule has 4 nitrogen and oxygen atoms in total. The van der Waals surface area contributed by atoms with Gasteiger partial charge in [0.2, 0.25) is 0 Å². The second-order valence-corrected chi connectivity index (χ2v) is 5.72. The lowest BCUT2D eigenvalue weighted by atomic mass is 10.00. The Kier molecular flexibility index (Phi) is 6.03. The number of aliphatic hydroxyl groups is 1. The van der Waals surface area contributed by atoms with Crippen molar-refractivity contribution >= 4 is 5.69 Å². The van der Waals surface area contributed by atoms with Gasteiger partial charge in [0.25, 0.3) is 0 Å². The molecule has 1 heterocycles. The molecule has 1 fully saturated rings. The number of benzene rings is 1. The highest BCUT2D eigenvalue weighted by Gasteiger charge is 2.28. The maximum Gasteiger partial charge on any atom is 0.0981 e. The fourth-order valence-corrected chi connectivity index (χ4v) is 3.03. The number of anilines is 1. The van der Waals surface area contributed by atoms with Crippen molar-refractivity contribution in [1.82, 2.24) is 5.32 Å². The molecule has 4 heteroatoms. The van der Waals surface area contributed by atoms with Crippen LogP contribution in [0.1, 0.15) is 38.8 Å². The molecule has 1 aliphatic rings. The van der Waals surface area contributed by atoms with E-state index in [1.54, 1.807) is 0 Å². The highest BCUT2D eigenvalue weighted by atomic mass is 16.5. The smallest absolute Gasteiger partial charge is 0.0981 e. The van der Waals surface area contributed by atoms with Crippen molar-refractivity contribution in [3.05, 3.63) is 29.8 Å². The van der Waals surface area contributed by atoms with Crippen LogP contribution in [-0.2, 0) is 4.74 Å². The second-order valence-electron chi connectivity index (χ2n) is 5.72. The van der Waals surface area contributed by atoms with Crippen LogP contribution >= 0.6 is 0 Å². The SMILES string of the molecule is CCNC(CC)c1ccccc1N1CC(CO)OCC1C. The highest BCUT2D eigenvalue weighted by Crippen LogP contribution is 2.31. The Hall–Kier alpha value is -1.10. The van der Waals surface area contributed by atoms with Crippen LogP contribution in [-0.4, -0.2) is 43.6 Å². The van der Waals surface area contributed by atoms with E-state index in [-0.39, 0.29) is 12.7 Å². The Bertz CT molecular complexity index is 439. The zero-order valence-electron chi connectivity index (χ0n) is 13.4. The van der Waals surface area contributed by atoms with Gasteiger partial charge in [0.05, 0.1) is 19.3 Å². The lowest BCUT2D eigenvalue weighted by molar-refractivity contribution is -0.0104. The summed E-state index contributed by atoms with van der Waals surface area (Å²) in [6.45, 7) is 8.99. The third kappa shape index (κ3) is 3.76. The Morgan fingerprint density at radius 3 is 2.81 bits per heavy atom. The molecule has 118 valence electrons. The van der Waals surface area contributed by atoms with Gasteiger partial charge < -0.3 is 20.1 Å². The van der Waals surface area contributed by atoms with Crippen molar-refractivity contribution in [2.75, 3.05) is 31.2 Å². The monoisotopic (exact) mass is 292 g/mol. The lowest BCUT2D eigenvalue weighted by Gasteiger charge is -2.40. The minimum atomic E-state index is -0.0894. The van der Waals surface area contributed by atoms with E-state index in [0.717, 1.165) is 19.5 Å². The van der Waals surface area contributed by atoms with Crippen molar-refractivity contribution in [3.8, 4) is 0 Å². The Labute approximate surface area is 128 Å². The number of para-hydroxylation sites is 1. The van der Waals surface area contributed by atoms with E-state index in [2.05, 4.69) is 55.3 Å². The first-order valence-electron chi connectivity index (χ1n) is 8.02. The molecular formula is C17H28N2O2. The third-order valence-electron chi connectivity index (χ3n) is 4.19. The molecule has 3 atom stereocenters. The fraction of sp³-hybridized carbons (Fsp3) is 0.647. The second kappa shape index (κ2) is 7.78. The van der Waals surface area contributed by atoms with Gasteiger partial charge in [-0.2, -0.15) is 0 Å². The number of aliphatic hydroxyl groups excluding tert-OH is 1. The molecule has 0 amide bonds. The predicted molar refractivity (Wildman–Crippen MR) is 86.8 cm³/mol. The molecule has 2 rings (SSSR count). The van der Waals surface area contributed by atoms with Crippen LogP contribution in [0.25, 0.3) is 0 Å². The van der Waals surface area contributed by atoms with Crippen LogP contribution in [0.5, 0.6) is 0 Å². The van der Waals surface area contributed by atoms with E-state index < -0.39 is 0 Å². The third-order valence-corrected chi connectivity index (χ3v) is 4.19. The average Bonchev–Trinajstić information content (AvgIpc) is 2.53. The number of morpholine rings is 1. The topological polar surface area (TPSA) is 44.7 Å². The molecule has 1 saturated heterocycles. The van der Waals surface area contributed by atoms with Gasteiger partial charge in [0, 0.05) is 24.3 Å². The molecule has 2 N–H and O–H groups in total. The van der Waals surface area contributed by atoms with Crippen LogP contribution < -0.4 is 10.2 Å². The summed E-state index contributed by atoms with van der Waals surface area (Å²) in [6.07, 6.45) is 0.973. The molecule has 0 saturated carbocycles. The average molecular weight is 292 g/mol. The van der Waals surface area contributed by atoms with Crippen LogP contribution in [0.15, 0.2) is 24.3 Å². The number of rotatable bonds is 6. The van der Waals surface area contributed by atoms with Crippen LogP contribution in [0.2, 0.25) is 0 Å². The van der Waals surface area contributed by atoms with Crippen molar-refractivity contribution in [2.45, 2.75) is 45.4 Å². The maximum absolute atomic E-state index is 9.39. The maximum atomic E-state index is 9.39. The van der Waals surface area contributed by atoms with E-state index in [1.165, 1.54) is 11.3 Å². The molecule has 0 spiro atoms. The summed E-state index contributed by atoms with van der Waals surface area (Å²) in [5.41, 5.74) is 2.60. The summed E-state index contributed by atoms with van der Waals surface area (Å²) < 4.78 is 5.66. The summed E-state index contributed by atoms with van der Waals surface area (Å²) in [5, 5.41) is 12.9. The molecule has 3 unspecified atom stereocenters. The highest BCUT2D eigenvalue weighted by molar-refractivity contribution is 5.56. The predicted octanol–water partition coefficient (Wildman–Crippen LogP) is 2.33. The summed E-state index contributed by atoms with van der Waals surface area (Å²) in [5.74, 6) is 0. The quantitative estimate of drug-likeness (QED) is 0.845.